The lowest BCUT2D eigenvalue weighted by Crippen LogP contribution is -2.35. The van der Waals surface area contributed by atoms with Crippen LogP contribution in [0.4, 0.5) is 5.69 Å². The summed E-state index contributed by atoms with van der Waals surface area (Å²) in [6.07, 6.45) is 5.49. The second-order valence-electron chi connectivity index (χ2n) is 8.45. The van der Waals surface area contributed by atoms with Gasteiger partial charge in [0.2, 0.25) is 11.8 Å². The minimum absolute atomic E-state index is 0.0378. The summed E-state index contributed by atoms with van der Waals surface area (Å²) in [6.45, 7) is 4.29. The normalized spacial score (nSPS) is 17.8. The number of pyridine rings is 1. The number of aromatic nitrogens is 3. The highest BCUT2D eigenvalue weighted by Gasteiger charge is 2.45. The van der Waals surface area contributed by atoms with Crippen molar-refractivity contribution in [3.8, 4) is 5.82 Å². The molecule has 1 N–H and O–H groups in total. The van der Waals surface area contributed by atoms with Crippen LogP contribution in [0.15, 0.2) is 72.5 Å². The van der Waals surface area contributed by atoms with Crippen LogP contribution in [-0.4, -0.2) is 26.3 Å². The number of carbonyl (C=O) groups excluding carboxylic acids is 2. The molecular weight excluding hydrogens is 446 g/mol. The molecule has 1 fully saturated rings. The van der Waals surface area contributed by atoms with Crippen molar-refractivity contribution in [3.63, 3.8) is 0 Å². The molecule has 2 atom stereocenters. The van der Waals surface area contributed by atoms with E-state index in [9.17, 15) is 9.59 Å². The van der Waals surface area contributed by atoms with Gasteiger partial charge in [0.1, 0.15) is 11.6 Å². The number of benzene rings is 1. The Bertz CT molecular complexity index is 1310. The topological polar surface area (TPSA) is 80.1 Å². The van der Waals surface area contributed by atoms with E-state index in [0.717, 1.165) is 33.3 Å². The lowest BCUT2D eigenvalue weighted by atomic mass is 9.97. The molecule has 5 rings (SSSR count). The third-order valence-electron chi connectivity index (χ3n) is 6.16. The van der Waals surface area contributed by atoms with Gasteiger partial charge in [-0.2, -0.15) is 0 Å². The summed E-state index contributed by atoms with van der Waals surface area (Å²) in [7, 11) is 0. The highest BCUT2D eigenvalue weighted by Crippen LogP contribution is 2.43. The van der Waals surface area contributed by atoms with Crippen molar-refractivity contribution in [2.24, 2.45) is 5.92 Å². The molecule has 1 aliphatic rings. The molecule has 0 radical (unpaired) electrons. The summed E-state index contributed by atoms with van der Waals surface area (Å²) in [5.41, 5.74) is 2.87. The molecule has 3 aromatic heterocycles. The van der Waals surface area contributed by atoms with Crippen LogP contribution in [0.5, 0.6) is 0 Å². The lowest BCUT2D eigenvalue weighted by Gasteiger charge is -2.27. The summed E-state index contributed by atoms with van der Waals surface area (Å²) in [5, 5.41) is 5.04. The number of nitrogens with one attached hydrogen (secondary N) is 1. The van der Waals surface area contributed by atoms with E-state index in [-0.39, 0.29) is 24.3 Å². The van der Waals surface area contributed by atoms with Gasteiger partial charge in [0.15, 0.2) is 0 Å². The molecule has 8 heteroatoms. The zero-order valence-corrected chi connectivity index (χ0v) is 19.8. The van der Waals surface area contributed by atoms with Gasteiger partial charge in [-0.05, 0) is 55.1 Å². The van der Waals surface area contributed by atoms with Gasteiger partial charge in [0.25, 0.3) is 0 Å². The number of hydrogen-bond donors (Lipinski definition) is 1. The van der Waals surface area contributed by atoms with Crippen molar-refractivity contribution in [3.05, 3.63) is 94.3 Å². The van der Waals surface area contributed by atoms with Crippen LogP contribution in [0.1, 0.15) is 34.3 Å². The van der Waals surface area contributed by atoms with Crippen LogP contribution >= 0.6 is 11.3 Å². The van der Waals surface area contributed by atoms with Gasteiger partial charge in [-0.25, -0.2) is 9.97 Å². The summed E-state index contributed by atoms with van der Waals surface area (Å²) in [4.78, 5) is 37.9. The van der Waals surface area contributed by atoms with Crippen molar-refractivity contribution >= 4 is 28.8 Å². The first-order valence-electron chi connectivity index (χ1n) is 11.2. The molecule has 1 saturated heterocycles. The van der Waals surface area contributed by atoms with Crippen molar-refractivity contribution in [1.29, 1.82) is 0 Å². The summed E-state index contributed by atoms with van der Waals surface area (Å²) in [6, 6.07) is 15.3. The molecule has 172 valence electrons. The summed E-state index contributed by atoms with van der Waals surface area (Å²) in [5.74, 6) is 0.959. The Balaban J connectivity index is 1.36. The van der Waals surface area contributed by atoms with E-state index in [2.05, 4.69) is 15.3 Å². The second-order valence-corrected chi connectivity index (χ2v) is 9.43. The molecule has 34 heavy (non-hydrogen) atoms. The van der Waals surface area contributed by atoms with E-state index in [1.54, 1.807) is 28.6 Å². The number of aryl methyl sites for hydroxylation is 2. The van der Waals surface area contributed by atoms with E-state index >= 15 is 0 Å². The number of carbonyl (C=O) groups is 2. The first kappa shape index (κ1) is 22.0. The Morgan fingerprint density at radius 3 is 2.65 bits per heavy atom. The van der Waals surface area contributed by atoms with E-state index in [0.29, 0.717) is 6.54 Å². The molecule has 2 unspecified atom stereocenters. The van der Waals surface area contributed by atoms with Gasteiger partial charge in [-0.15, -0.1) is 11.3 Å². The standard InChI is InChI=1S/C26H25N5O2S/c1-17-5-7-20(8-6-17)31-24(32)15-21(25(31)22-4-3-13-34-22)26(33)29-16-19-9-10-28-23(14-19)30-12-11-27-18(30)2/h3-14,21,25H,15-16H2,1-2H3,(H,29,33). The van der Waals surface area contributed by atoms with Crippen molar-refractivity contribution in [1.82, 2.24) is 19.9 Å². The van der Waals surface area contributed by atoms with Gasteiger partial charge in [0.05, 0.1) is 12.0 Å². The molecule has 0 bridgehead atoms. The number of amides is 2. The van der Waals surface area contributed by atoms with Crippen LogP contribution in [-0.2, 0) is 16.1 Å². The van der Waals surface area contributed by atoms with Crippen molar-refractivity contribution in [2.45, 2.75) is 32.9 Å². The zero-order chi connectivity index (χ0) is 23.7. The van der Waals surface area contributed by atoms with Crippen LogP contribution in [0, 0.1) is 19.8 Å². The minimum atomic E-state index is -0.468. The Hall–Kier alpha value is -3.78. The van der Waals surface area contributed by atoms with Gasteiger partial charge in [-0.1, -0.05) is 23.8 Å². The largest absolute Gasteiger partial charge is 0.352 e. The first-order valence-corrected chi connectivity index (χ1v) is 12.0. The molecule has 7 nitrogen and oxygen atoms in total. The molecule has 2 amide bonds. The van der Waals surface area contributed by atoms with Crippen LogP contribution < -0.4 is 10.2 Å². The fourth-order valence-corrected chi connectivity index (χ4v) is 5.29. The second kappa shape index (κ2) is 9.23. The van der Waals surface area contributed by atoms with E-state index < -0.39 is 5.92 Å². The monoisotopic (exact) mass is 471 g/mol. The Kier molecular flexibility index (Phi) is 5.98. The third kappa shape index (κ3) is 4.24. The average Bonchev–Trinajstić information content (AvgIpc) is 3.58. The Morgan fingerprint density at radius 2 is 1.94 bits per heavy atom. The quantitative estimate of drug-likeness (QED) is 0.453. The maximum absolute atomic E-state index is 13.4. The molecule has 4 aromatic rings. The molecule has 0 saturated carbocycles. The first-order chi connectivity index (χ1) is 16.5. The minimum Gasteiger partial charge on any atom is -0.352 e. The number of thiophene rings is 1. The predicted molar refractivity (Wildman–Crippen MR) is 132 cm³/mol. The maximum atomic E-state index is 13.4. The fraction of sp³-hybridized carbons (Fsp3) is 0.231. The number of rotatable bonds is 6. The summed E-state index contributed by atoms with van der Waals surface area (Å²) < 4.78 is 1.90. The van der Waals surface area contributed by atoms with E-state index in [1.807, 2.05) is 78.5 Å². The predicted octanol–water partition coefficient (Wildman–Crippen LogP) is 4.36. The van der Waals surface area contributed by atoms with Gasteiger partial charge >= 0.3 is 0 Å². The molecule has 1 aliphatic heterocycles. The highest BCUT2D eigenvalue weighted by atomic mass is 32.1. The third-order valence-corrected chi connectivity index (χ3v) is 7.10. The van der Waals surface area contributed by atoms with E-state index in [1.165, 1.54) is 0 Å². The Labute approximate surface area is 202 Å². The molecular formula is C26H25N5O2S. The molecule has 0 spiro atoms. The van der Waals surface area contributed by atoms with Crippen LogP contribution in [0.25, 0.3) is 5.82 Å². The SMILES string of the molecule is Cc1ccc(N2C(=O)CC(C(=O)NCc3ccnc(-n4ccnc4C)c3)C2c2cccs2)cc1. The number of anilines is 1. The fourth-order valence-electron chi connectivity index (χ4n) is 4.41. The average molecular weight is 472 g/mol. The van der Waals surface area contributed by atoms with Gasteiger partial charge in [0, 0.05) is 42.1 Å². The van der Waals surface area contributed by atoms with Crippen molar-refractivity contribution in [2.75, 3.05) is 4.90 Å². The lowest BCUT2D eigenvalue weighted by molar-refractivity contribution is -0.126. The van der Waals surface area contributed by atoms with E-state index in [4.69, 9.17) is 0 Å². The highest BCUT2D eigenvalue weighted by molar-refractivity contribution is 7.10. The van der Waals surface area contributed by atoms with Gasteiger partial charge in [-0.3, -0.25) is 14.2 Å². The van der Waals surface area contributed by atoms with Gasteiger partial charge < -0.3 is 10.2 Å². The maximum Gasteiger partial charge on any atom is 0.228 e. The number of nitrogens with zero attached hydrogens (tertiary/aromatic N) is 4. The summed E-state index contributed by atoms with van der Waals surface area (Å²) >= 11 is 1.57. The molecule has 1 aromatic carbocycles. The Morgan fingerprint density at radius 1 is 1.12 bits per heavy atom. The number of hydrogen-bond acceptors (Lipinski definition) is 5. The smallest absolute Gasteiger partial charge is 0.228 e. The molecule has 0 aliphatic carbocycles. The van der Waals surface area contributed by atoms with Crippen LogP contribution in [0.3, 0.4) is 0 Å². The van der Waals surface area contributed by atoms with Crippen LogP contribution in [0.2, 0.25) is 0 Å². The van der Waals surface area contributed by atoms with Crippen molar-refractivity contribution < 1.29 is 9.59 Å². The zero-order valence-electron chi connectivity index (χ0n) is 19.0. The molecule has 4 heterocycles. The number of imidazole rings is 1.